The van der Waals surface area contributed by atoms with Gasteiger partial charge in [-0.15, -0.1) is 0 Å². The highest BCUT2D eigenvalue weighted by atomic mass is 32.2. The third kappa shape index (κ3) is 2.04. The number of nitrogens with zero attached hydrogens (tertiary/aromatic N) is 2. The van der Waals surface area contributed by atoms with Gasteiger partial charge in [0, 0.05) is 11.6 Å². The summed E-state index contributed by atoms with van der Waals surface area (Å²) >= 11 is 0. The van der Waals surface area contributed by atoms with Crippen LogP contribution in [0.15, 0.2) is 59.6 Å². The summed E-state index contributed by atoms with van der Waals surface area (Å²) in [5.41, 5.74) is -1.14. The third-order valence-electron chi connectivity index (χ3n) is 3.23. The Hall–Kier alpha value is -2.74. The zero-order valence-electron chi connectivity index (χ0n) is 11.0. The van der Waals surface area contributed by atoms with Crippen LogP contribution in [0.1, 0.15) is 0 Å². The van der Waals surface area contributed by atoms with Crippen LogP contribution in [0.5, 0.6) is 0 Å². The SMILES string of the molecule is O=[N+]([O-])c1c(F)ccc2ccn(S(=O)(=O)c3ccccc3)c12. The van der Waals surface area contributed by atoms with Crippen LogP contribution in [-0.4, -0.2) is 17.3 Å². The zero-order chi connectivity index (χ0) is 15.9. The number of nitro groups is 1. The summed E-state index contributed by atoms with van der Waals surface area (Å²) < 4.78 is 39.7. The lowest BCUT2D eigenvalue weighted by Crippen LogP contribution is -2.12. The molecule has 112 valence electrons. The standard InChI is InChI=1S/C14H9FN2O4S/c15-12-7-6-10-8-9-16(13(10)14(12)17(18)19)22(20,21)11-4-2-1-3-5-11/h1-9H. The van der Waals surface area contributed by atoms with Gasteiger partial charge >= 0.3 is 5.69 Å². The summed E-state index contributed by atoms with van der Waals surface area (Å²) in [6.45, 7) is 0. The maximum atomic E-state index is 13.8. The van der Waals surface area contributed by atoms with Gasteiger partial charge in [0.15, 0.2) is 0 Å². The van der Waals surface area contributed by atoms with E-state index < -0.39 is 26.5 Å². The molecule has 0 N–H and O–H groups in total. The van der Waals surface area contributed by atoms with Crippen LogP contribution in [0.25, 0.3) is 10.9 Å². The summed E-state index contributed by atoms with van der Waals surface area (Å²) in [5.74, 6) is -1.08. The Balaban J connectivity index is 2.38. The van der Waals surface area contributed by atoms with Crippen molar-refractivity contribution >= 4 is 26.6 Å². The molecular weight excluding hydrogens is 311 g/mol. The molecule has 8 heteroatoms. The van der Waals surface area contributed by atoms with Crippen LogP contribution in [0.3, 0.4) is 0 Å². The monoisotopic (exact) mass is 320 g/mol. The van der Waals surface area contributed by atoms with E-state index in [1.807, 2.05) is 0 Å². The van der Waals surface area contributed by atoms with Gasteiger partial charge in [0.05, 0.1) is 9.82 Å². The highest BCUT2D eigenvalue weighted by Crippen LogP contribution is 2.31. The zero-order valence-corrected chi connectivity index (χ0v) is 11.8. The van der Waals surface area contributed by atoms with E-state index in [0.29, 0.717) is 0 Å². The minimum Gasteiger partial charge on any atom is -0.258 e. The summed E-state index contributed by atoms with van der Waals surface area (Å²) in [6.07, 6.45) is 1.18. The molecule has 0 aliphatic rings. The smallest absolute Gasteiger partial charge is 0.258 e. The van der Waals surface area contributed by atoms with Crippen molar-refractivity contribution in [2.24, 2.45) is 0 Å². The van der Waals surface area contributed by atoms with E-state index in [1.54, 1.807) is 6.07 Å². The van der Waals surface area contributed by atoms with Crippen molar-refractivity contribution in [1.29, 1.82) is 0 Å². The summed E-state index contributed by atoms with van der Waals surface area (Å²) in [7, 11) is -4.05. The van der Waals surface area contributed by atoms with Crippen LogP contribution in [0, 0.1) is 15.9 Å². The van der Waals surface area contributed by atoms with Gasteiger partial charge < -0.3 is 0 Å². The van der Waals surface area contributed by atoms with Gasteiger partial charge in [-0.3, -0.25) is 10.1 Å². The van der Waals surface area contributed by atoms with Crippen LogP contribution < -0.4 is 0 Å². The lowest BCUT2D eigenvalue weighted by molar-refractivity contribution is -0.385. The van der Waals surface area contributed by atoms with Gasteiger partial charge in [-0.05, 0) is 30.3 Å². The predicted octanol–water partition coefficient (Wildman–Crippen LogP) is 2.93. The molecule has 0 saturated heterocycles. The van der Waals surface area contributed by atoms with Crippen LogP contribution in [0.4, 0.5) is 10.1 Å². The molecule has 0 amide bonds. The van der Waals surface area contributed by atoms with Gasteiger partial charge in [0.1, 0.15) is 5.52 Å². The van der Waals surface area contributed by atoms with Crippen molar-refractivity contribution in [1.82, 2.24) is 3.97 Å². The first-order valence-electron chi connectivity index (χ1n) is 6.17. The number of rotatable bonds is 3. The minimum atomic E-state index is -4.05. The number of hydrogen-bond donors (Lipinski definition) is 0. The molecule has 1 aromatic heterocycles. The lowest BCUT2D eigenvalue weighted by Gasteiger charge is -2.08. The summed E-state index contributed by atoms with van der Waals surface area (Å²) in [6, 6.07) is 11.1. The Morgan fingerprint density at radius 1 is 1.05 bits per heavy atom. The molecule has 2 aromatic carbocycles. The minimum absolute atomic E-state index is 0.0361. The maximum absolute atomic E-state index is 13.8. The molecule has 6 nitrogen and oxygen atoms in total. The van der Waals surface area contributed by atoms with E-state index in [9.17, 15) is 22.9 Å². The Bertz CT molecular complexity index is 981. The Morgan fingerprint density at radius 3 is 2.36 bits per heavy atom. The van der Waals surface area contributed by atoms with Crippen molar-refractivity contribution in [2.75, 3.05) is 0 Å². The Morgan fingerprint density at radius 2 is 1.73 bits per heavy atom. The molecule has 0 fully saturated rings. The molecular formula is C14H9FN2O4S. The third-order valence-corrected chi connectivity index (χ3v) is 4.92. The van der Waals surface area contributed by atoms with Crippen molar-refractivity contribution in [3.8, 4) is 0 Å². The number of hydrogen-bond acceptors (Lipinski definition) is 4. The highest BCUT2D eigenvalue weighted by molar-refractivity contribution is 7.90. The van der Waals surface area contributed by atoms with E-state index >= 15 is 0 Å². The second-order valence-corrected chi connectivity index (χ2v) is 6.34. The van der Waals surface area contributed by atoms with Crippen molar-refractivity contribution in [2.45, 2.75) is 4.90 Å². The summed E-state index contributed by atoms with van der Waals surface area (Å²) in [4.78, 5) is 10.1. The second-order valence-electron chi connectivity index (χ2n) is 4.52. The number of halogens is 1. The number of nitro benzene ring substituents is 1. The van der Waals surface area contributed by atoms with Crippen LogP contribution in [-0.2, 0) is 10.0 Å². The maximum Gasteiger partial charge on any atom is 0.329 e. The van der Waals surface area contributed by atoms with E-state index in [2.05, 4.69) is 0 Å². The first-order valence-corrected chi connectivity index (χ1v) is 7.61. The first kappa shape index (κ1) is 14.2. The van der Waals surface area contributed by atoms with Crippen LogP contribution in [0.2, 0.25) is 0 Å². The van der Waals surface area contributed by atoms with Crippen molar-refractivity contribution in [3.63, 3.8) is 0 Å². The molecule has 3 rings (SSSR count). The lowest BCUT2D eigenvalue weighted by atomic mass is 10.2. The van der Waals surface area contributed by atoms with Gasteiger partial charge in [0.2, 0.25) is 5.82 Å². The molecule has 3 aromatic rings. The van der Waals surface area contributed by atoms with Gasteiger partial charge in [-0.2, -0.15) is 4.39 Å². The average molecular weight is 320 g/mol. The Kier molecular flexibility index (Phi) is 3.18. The fraction of sp³-hybridized carbons (Fsp3) is 0. The van der Waals surface area contributed by atoms with E-state index in [0.717, 1.165) is 10.0 Å². The number of fused-ring (bicyclic) bond motifs is 1. The van der Waals surface area contributed by atoms with E-state index in [4.69, 9.17) is 0 Å². The summed E-state index contributed by atoms with van der Waals surface area (Å²) in [5, 5.41) is 11.4. The highest BCUT2D eigenvalue weighted by Gasteiger charge is 2.27. The molecule has 0 aliphatic heterocycles. The second kappa shape index (κ2) is 4.92. The molecule has 0 radical (unpaired) electrons. The molecule has 0 atom stereocenters. The van der Waals surface area contributed by atoms with Gasteiger partial charge in [0.25, 0.3) is 10.0 Å². The Labute approximate surface area is 124 Å². The number of aromatic nitrogens is 1. The molecule has 0 bridgehead atoms. The van der Waals surface area contributed by atoms with E-state index in [-0.39, 0.29) is 15.8 Å². The molecule has 0 saturated carbocycles. The largest absolute Gasteiger partial charge is 0.329 e. The normalized spacial score (nSPS) is 11.7. The molecule has 0 spiro atoms. The van der Waals surface area contributed by atoms with Crippen molar-refractivity contribution in [3.05, 3.63) is 70.7 Å². The topological polar surface area (TPSA) is 82.2 Å². The fourth-order valence-electron chi connectivity index (χ4n) is 2.24. The van der Waals surface area contributed by atoms with Crippen LogP contribution >= 0.6 is 0 Å². The molecule has 0 unspecified atom stereocenters. The van der Waals surface area contributed by atoms with Gasteiger partial charge in [-0.1, -0.05) is 18.2 Å². The first-order chi connectivity index (χ1) is 10.4. The molecule has 1 heterocycles. The predicted molar refractivity (Wildman–Crippen MR) is 77.6 cm³/mol. The average Bonchev–Trinajstić information content (AvgIpc) is 2.92. The molecule has 0 aliphatic carbocycles. The van der Waals surface area contributed by atoms with Crippen molar-refractivity contribution < 1.29 is 17.7 Å². The quantitative estimate of drug-likeness (QED) is 0.549. The fourth-order valence-corrected chi connectivity index (χ4v) is 3.62. The molecule has 22 heavy (non-hydrogen) atoms. The van der Waals surface area contributed by atoms with E-state index in [1.165, 1.54) is 42.6 Å². The van der Waals surface area contributed by atoms with Gasteiger partial charge in [-0.25, -0.2) is 12.4 Å². The number of benzene rings is 2.